The van der Waals surface area contributed by atoms with Crippen molar-refractivity contribution in [3.8, 4) is 18.2 Å². The molecule has 1 aliphatic heterocycles. The lowest BCUT2D eigenvalue weighted by Gasteiger charge is -2.20. The number of ether oxygens (including phenoxy) is 1. The highest BCUT2D eigenvalue weighted by Crippen LogP contribution is 2.34. The number of nitrogens with two attached hydrogens (primary N) is 1. The van der Waals surface area contributed by atoms with E-state index in [9.17, 15) is 5.26 Å². The molecular formula is C23H14N4O. The number of rotatable bonds is 3. The smallest absolute Gasteiger partial charge is 0.153 e. The maximum absolute atomic E-state index is 9.66. The van der Waals surface area contributed by atoms with Crippen LogP contribution < -0.4 is 5.73 Å². The lowest BCUT2D eigenvalue weighted by atomic mass is 9.97. The predicted octanol–water partition coefficient (Wildman–Crippen LogP) is 4.18. The van der Waals surface area contributed by atoms with Crippen LogP contribution in [0.4, 0.5) is 0 Å². The van der Waals surface area contributed by atoms with Crippen molar-refractivity contribution in [3.05, 3.63) is 106 Å². The second-order valence-electron chi connectivity index (χ2n) is 5.81. The average molecular weight is 362 g/mol. The monoisotopic (exact) mass is 362 g/mol. The molecule has 0 saturated heterocycles. The molecule has 5 heteroatoms. The van der Waals surface area contributed by atoms with Gasteiger partial charge < -0.3 is 10.5 Å². The van der Waals surface area contributed by atoms with E-state index in [0.717, 1.165) is 11.1 Å². The van der Waals surface area contributed by atoms with Gasteiger partial charge >= 0.3 is 0 Å². The fraction of sp³-hybridized carbons (Fsp3) is 0. The molecule has 5 nitrogen and oxygen atoms in total. The molecule has 1 heterocycles. The highest BCUT2D eigenvalue weighted by atomic mass is 16.5. The zero-order valence-corrected chi connectivity index (χ0v) is 14.8. The second kappa shape index (κ2) is 8.23. The molecule has 0 bridgehead atoms. The summed E-state index contributed by atoms with van der Waals surface area (Å²) >= 11 is 0. The van der Waals surface area contributed by atoms with Gasteiger partial charge in [-0.3, -0.25) is 0 Å². The first-order valence-corrected chi connectivity index (χ1v) is 8.34. The van der Waals surface area contributed by atoms with Gasteiger partial charge in [0.25, 0.3) is 0 Å². The van der Waals surface area contributed by atoms with E-state index in [1.165, 1.54) is 0 Å². The quantitative estimate of drug-likeness (QED) is 0.824. The topological polar surface area (TPSA) is 107 Å². The largest absolute Gasteiger partial charge is 0.456 e. The molecule has 0 amide bonds. The van der Waals surface area contributed by atoms with E-state index in [1.807, 2.05) is 66.7 Å². The van der Waals surface area contributed by atoms with Crippen molar-refractivity contribution in [1.29, 1.82) is 15.8 Å². The summed E-state index contributed by atoms with van der Waals surface area (Å²) in [5.41, 5.74) is 7.64. The van der Waals surface area contributed by atoms with Crippen LogP contribution in [-0.4, -0.2) is 0 Å². The van der Waals surface area contributed by atoms with Gasteiger partial charge in [-0.25, -0.2) is 0 Å². The van der Waals surface area contributed by atoms with Gasteiger partial charge in [-0.15, -0.1) is 0 Å². The molecule has 0 aliphatic carbocycles. The summed E-state index contributed by atoms with van der Waals surface area (Å²) in [7, 11) is 0. The number of benzene rings is 2. The summed E-state index contributed by atoms with van der Waals surface area (Å²) in [4.78, 5) is 0. The lowest BCUT2D eigenvalue weighted by Crippen LogP contribution is -2.08. The van der Waals surface area contributed by atoms with Crippen LogP contribution in [0.5, 0.6) is 0 Å². The fourth-order valence-electron chi connectivity index (χ4n) is 2.69. The molecule has 0 fully saturated rings. The molecule has 2 aromatic carbocycles. The standard InChI is InChI=1S/C23H14N4O/c24-13-19(14-25)23(27)20(15-26)18-11-21(16-7-3-1-4-8-16)28-22(12-18)17-9-5-2-6-10-17/h1-12H,27H2. The molecule has 1 aliphatic rings. The summed E-state index contributed by atoms with van der Waals surface area (Å²) in [6.45, 7) is 0. The molecule has 0 spiro atoms. The van der Waals surface area contributed by atoms with Crippen molar-refractivity contribution >= 4 is 11.5 Å². The Morgan fingerprint density at radius 2 is 1.18 bits per heavy atom. The van der Waals surface area contributed by atoms with Crippen molar-refractivity contribution in [2.24, 2.45) is 5.73 Å². The van der Waals surface area contributed by atoms with E-state index >= 15 is 0 Å². The van der Waals surface area contributed by atoms with Crippen LogP contribution in [0.1, 0.15) is 11.1 Å². The van der Waals surface area contributed by atoms with Crippen molar-refractivity contribution in [3.63, 3.8) is 0 Å². The first kappa shape index (κ1) is 18.3. The molecule has 3 rings (SSSR count). The molecular weight excluding hydrogens is 348 g/mol. The van der Waals surface area contributed by atoms with Gasteiger partial charge in [-0.05, 0) is 12.2 Å². The van der Waals surface area contributed by atoms with Gasteiger partial charge in [0.05, 0.1) is 11.3 Å². The normalized spacial score (nSPS) is 12.2. The van der Waals surface area contributed by atoms with E-state index in [-0.39, 0.29) is 16.8 Å². The molecule has 132 valence electrons. The minimum atomic E-state index is -0.306. The average Bonchev–Trinajstić information content (AvgIpc) is 2.76. The van der Waals surface area contributed by atoms with Crippen LogP contribution in [0, 0.1) is 34.0 Å². The van der Waals surface area contributed by atoms with Crippen LogP contribution in [0.2, 0.25) is 0 Å². The molecule has 0 radical (unpaired) electrons. The SMILES string of the molecule is N#CC(C#N)=C(N)C(C#N)=C1C=C(c2ccccc2)OC(c2ccccc2)=C1. The maximum atomic E-state index is 9.66. The predicted molar refractivity (Wildman–Crippen MR) is 105 cm³/mol. The Kier molecular flexibility index (Phi) is 5.37. The third-order valence-electron chi connectivity index (χ3n) is 4.07. The van der Waals surface area contributed by atoms with E-state index in [4.69, 9.17) is 21.0 Å². The summed E-state index contributed by atoms with van der Waals surface area (Å²) in [5, 5.41) is 27.9. The van der Waals surface area contributed by atoms with Crippen LogP contribution in [0.15, 0.2) is 95.2 Å². The van der Waals surface area contributed by atoms with Crippen molar-refractivity contribution in [1.82, 2.24) is 0 Å². The Morgan fingerprint density at radius 3 is 1.57 bits per heavy atom. The fourth-order valence-corrected chi connectivity index (χ4v) is 2.69. The number of allylic oxidation sites excluding steroid dienone is 5. The highest BCUT2D eigenvalue weighted by molar-refractivity contribution is 5.79. The van der Waals surface area contributed by atoms with Crippen LogP contribution in [0.25, 0.3) is 11.5 Å². The van der Waals surface area contributed by atoms with Gasteiger partial charge in [0, 0.05) is 16.7 Å². The molecule has 0 unspecified atom stereocenters. The van der Waals surface area contributed by atoms with Crippen LogP contribution in [-0.2, 0) is 4.74 Å². The third-order valence-corrected chi connectivity index (χ3v) is 4.07. The van der Waals surface area contributed by atoms with Crippen LogP contribution >= 0.6 is 0 Å². The first-order chi connectivity index (χ1) is 13.7. The van der Waals surface area contributed by atoms with Gasteiger partial charge in [0.2, 0.25) is 0 Å². The number of hydrogen-bond donors (Lipinski definition) is 1. The number of nitriles is 3. The van der Waals surface area contributed by atoms with E-state index in [0.29, 0.717) is 17.1 Å². The van der Waals surface area contributed by atoms with Crippen molar-refractivity contribution in [2.75, 3.05) is 0 Å². The van der Waals surface area contributed by atoms with E-state index in [2.05, 4.69) is 0 Å². The highest BCUT2D eigenvalue weighted by Gasteiger charge is 2.19. The first-order valence-electron chi connectivity index (χ1n) is 8.34. The molecule has 0 saturated carbocycles. The summed E-state index contributed by atoms with van der Waals surface area (Å²) < 4.78 is 6.07. The summed E-state index contributed by atoms with van der Waals surface area (Å²) in [6.07, 6.45) is 3.36. The number of nitrogens with zero attached hydrogens (tertiary/aromatic N) is 3. The van der Waals surface area contributed by atoms with Gasteiger partial charge in [-0.1, -0.05) is 60.7 Å². The maximum Gasteiger partial charge on any atom is 0.153 e. The Balaban J connectivity index is 2.25. The van der Waals surface area contributed by atoms with Gasteiger partial charge in [0.1, 0.15) is 29.7 Å². The van der Waals surface area contributed by atoms with Crippen LogP contribution in [0.3, 0.4) is 0 Å². The Morgan fingerprint density at radius 1 is 0.714 bits per heavy atom. The molecule has 28 heavy (non-hydrogen) atoms. The Hall–Kier alpha value is -4.53. The zero-order chi connectivity index (χ0) is 19.9. The molecule has 0 aromatic heterocycles. The lowest BCUT2D eigenvalue weighted by molar-refractivity contribution is 0.466. The van der Waals surface area contributed by atoms with Crippen molar-refractivity contribution in [2.45, 2.75) is 0 Å². The van der Waals surface area contributed by atoms with Gasteiger partial charge in [-0.2, -0.15) is 15.8 Å². The zero-order valence-electron chi connectivity index (χ0n) is 14.8. The van der Waals surface area contributed by atoms with E-state index < -0.39 is 0 Å². The molecule has 0 atom stereocenters. The Bertz CT molecular complexity index is 1080. The minimum absolute atomic E-state index is 0.0447. The minimum Gasteiger partial charge on any atom is -0.456 e. The van der Waals surface area contributed by atoms with Gasteiger partial charge in [0.15, 0.2) is 5.57 Å². The summed E-state index contributed by atoms with van der Waals surface area (Å²) in [5.74, 6) is 1.07. The summed E-state index contributed by atoms with van der Waals surface area (Å²) in [6, 6.07) is 24.3. The molecule has 2 aromatic rings. The molecule has 2 N–H and O–H groups in total. The van der Waals surface area contributed by atoms with Crippen molar-refractivity contribution < 1.29 is 4.74 Å². The third kappa shape index (κ3) is 3.68. The second-order valence-corrected chi connectivity index (χ2v) is 5.81. The van der Waals surface area contributed by atoms with E-state index in [1.54, 1.807) is 24.3 Å². The number of hydrogen-bond acceptors (Lipinski definition) is 5. The Labute approximate surface area is 162 Å².